The Kier molecular flexibility index (Phi) is 19.0. The van der Waals surface area contributed by atoms with Crippen LogP contribution in [0.25, 0.3) is 0 Å². The molecule has 0 fully saturated rings. The van der Waals surface area contributed by atoms with Gasteiger partial charge in [0.1, 0.15) is 0 Å². The zero-order valence-electron chi connectivity index (χ0n) is 16.9. The normalized spacial score (nSPS) is 8.85. The molecule has 4 nitrogen and oxygen atoms in total. The van der Waals surface area contributed by atoms with Gasteiger partial charge in [0.2, 0.25) is 0 Å². The molecule has 0 N–H and O–H groups in total. The summed E-state index contributed by atoms with van der Waals surface area (Å²) in [5, 5.41) is 41.7. The van der Waals surface area contributed by atoms with Crippen molar-refractivity contribution in [3.05, 3.63) is 111 Å². The minimum Gasteiger partial charge on any atom is -0.872 e. The van der Waals surface area contributed by atoms with Gasteiger partial charge in [0, 0.05) is 14.3 Å². The molecule has 0 saturated carbocycles. The summed E-state index contributed by atoms with van der Waals surface area (Å²) in [6.07, 6.45) is 0. The molecule has 0 bridgehead atoms. The van der Waals surface area contributed by atoms with Gasteiger partial charge in [-0.2, -0.15) is 0 Å². The van der Waals surface area contributed by atoms with Crippen LogP contribution in [0.1, 0.15) is 0 Å². The first-order valence-corrected chi connectivity index (χ1v) is 13.2. The van der Waals surface area contributed by atoms with Gasteiger partial charge in [-0.05, 0) is 139 Å². The topological polar surface area (TPSA) is 92.2 Å². The Morgan fingerprint density at radius 3 is 0.515 bits per heavy atom. The van der Waals surface area contributed by atoms with E-state index in [-0.39, 0.29) is 48.8 Å². The quantitative estimate of drug-likeness (QED) is 0.173. The summed E-state index contributed by atoms with van der Waals surface area (Å²) in [5.74, 6) is 0.298. The maximum Gasteiger partial charge on any atom is 4.00 e. The van der Waals surface area contributed by atoms with E-state index in [1.54, 1.807) is 97.1 Å². The van der Waals surface area contributed by atoms with Crippen LogP contribution < -0.4 is 20.4 Å². The summed E-state index contributed by atoms with van der Waals surface area (Å²) in [6.45, 7) is 0. The van der Waals surface area contributed by atoms with Gasteiger partial charge in [-0.3, -0.25) is 0 Å². The third-order valence-electron chi connectivity index (χ3n) is 3.25. The first kappa shape index (κ1) is 32.9. The van der Waals surface area contributed by atoms with Gasteiger partial charge >= 0.3 is 25.8 Å². The van der Waals surface area contributed by atoms with E-state index in [1.807, 2.05) is 0 Å². The van der Waals surface area contributed by atoms with Gasteiger partial charge in [0.15, 0.2) is 0 Å². The second-order valence-electron chi connectivity index (χ2n) is 5.82. The van der Waals surface area contributed by atoms with Crippen LogP contribution in [0.2, 0.25) is 0 Å². The van der Waals surface area contributed by atoms with E-state index in [0.717, 1.165) is 14.3 Å². The molecular formula is C24H16HfI4O4. The third kappa shape index (κ3) is 17.9. The van der Waals surface area contributed by atoms with Gasteiger partial charge in [-0.1, -0.05) is 48.5 Å². The molecule has 0 atom stereocenters. The standard InChI is InChI=1S/4C6H5IO.Hf/c4*7-5-1-3-6(8)4-2-5;/h4*1-4,8H;/q;;;;+4/p-4. The van der Waals surface area contributed by atoms with Crippen molar-refractivity contribution in [2.75, 3.05) is 0 Å². The Morgan fingerprint density at radius 1 is 0.303 bits per heavy atom. The van der Waals surface area contributed by atoms with Crippen LogP contribution >= 0.6 is 90.4 Å². The van der Waals surface area contributed by atoms with E-state index in [2.05, 4.69) is 90.4 Å². The van der Waals surface area contributed by atoms with Crippen molar-refractivity contribution in [2.45, 2.75) is 0 Å². The molecule has 168 valence electrons. The number of hydrogen-bond acceptors (Lipinski definition) is 4. The molecule has 0 radical (unpaired) electrons. The molecule has 0 amide bonds. The molecule has 0 aliphatic heterocycles. The van der Waals surface area contributed by atoms with Gasteiger partial charge in [-0.25, -0.2) is 0 Å². The van der Waals surface area contributed by atoms with E-state index < -0.39 is 0 Å². The predicted molar refractivity (Wildman–Crippen MR) is 154 cm³/mol. The summed E-state index contributed by atoms with van der Waals surface area (Å²) in [5.41, 5.74) is 0. The second-order valence-corrected chi connectivity index (χ2v) is 10.8. The predicted octanol–water partition coefficient (Wildman–Crippen LogP) is 5.46. The summed E-state index contributed by atoms with van der Waals surface area (Å²) in [7, 11) is 0. The van der Waals surface area contributed by atoms with Crippen LogP contribution in [0.15, 0.2) is 97.1 Å². The van der Waals surface area contributed by atoms with Gasteiger partial charge < -0.3 is 20.4 Å². The fraction of sp³-hybridized carbons (Fsp3) is 0. The van der Waals surface area contributed by atoms with Gasteiger partial charge in [0.05, 0.1) is 0 Å². The summed E-state index contributed by atoms with van der Waals surface area (Å²) >= 11 is 8.63. The van der Waals surface area contributed by atoms with Crippen molar-refractivity contribution in [2.24, 2.45) is 0 Å². The first-order valence-electron chi connectivity index (χ1n) is 8.86. The molecule has 4 aromatic carbocycles. The molecule has 0 heterocycles. The van der Waals surface area contributed by atoms with Crippen molar-refractivity contribution >= 4 is 90.4 Å². The monoisotopic (exact) mass is 1060 g/mol. The Morgan fingerprint density at radius 2 is 0.424 bits per heavy atom. The number of halogens is 4. The van der Waals surface area contributed by atoms with Gasteiger partial charge in [0.25, 0.3) is 0 Å². The minimum atomic E-state index is 0. The summed E-state index contributed by atoms with van der Waals surface area (Å²) in [6, 6.07) is 26.8. The van der Waals surface area contributed by atoms with E-state index in [9.17, 15) is 20.4 Å². The average molecular weight is 1050 g/mol. The smallest absolute Gasteiger partial charge is 0.872 e. The van der Waals surface area contributed by atoms with E-state index >= 15 is 0 Å². The fourth-order valence-corrected chi connectivity index (χ4v) is 3.18. The zero-order chi connectivity index (χ0) is 23.9. The van der Waals surface area contributed by atoms with Crippen molar-refractivity contribution in [1.29, 1.82) is 0 Å². The SMILES string of the molecule is [Hf+4].[O-]c1ccc(I)cc1.[O-]c1ccc(I)cc1.[O-]c1ccc(I)cc1.[O-]c1ccc(I)cc1. The third-order valence-corrected chi connectivity index (χ3v) is 6.13. The Bertz CT molecular complexity index is 770. The Balaban J connectivity index is 0.000000410. The van der Waals surface area contributed by atoms with Crippen LogP contribution in [0.3, 0.4) is 0 Å². The number of benzene rings is 4. The largest absolute Gasteiger partial charge is 4.00 e. The van der Waals surface area contributed by atoms with E-state index in [0.29, 0.717) is 0 Å². The maximum absolute atomic E-state index is 10.4. The second kappa shape index (κ2) is 19.1. The van der Waals surface area contributed by atoms with Crippen molar-refractivity contribution in [3.8, 4) is 23.0 Å². The van der Waals surface area contributed by atoms with Crippen LogP contribution in [0, 0.1) is 14.3 Å². The van der Waals surface area contributed by atoms with Gasteiger partial charge in [-0.15, -0.1) is 23.0 Å². The molecule has 4 rings (SSSR count). The van der Waals surface area contributed by atoms with Crippen LogP contribution in [0.4, 0.5) is 0 Å². The van der Waals surface area contributed by atoms with Crippen LogP contribution in [0.5, 0.6) is 23.0 Å². The molecule has 0 unspecified atom stereocenters. The molecule has 9 heteroatoms. The molecule has 4 aromatic rings. The maximum atomic E-state index is 10.4. The van der Waals surface area contributed by atoms with Crippen LogP contribution in [-0.4, -0.2) is 0 Å². The molecular weight excluding hydrogens is 1040 g/mol. The number of hydrogen-bond donors (Lipinski definition) is 0. The van der Waals surface area contributed by atoms with Crippen LogP contribution in [-0.2, 0) is 25.8 Å². The summed E-state index contributed by atoms with van der Waals surface area (Å²) < 4.78 is 4.40. The van der Waals surface area contributed by atoms with E-state index in [1.165, 1.54) is 0 Å². The molecule has 0 aliphatic rings. The van der Waals surface area contributed by atoms with Crippen molar-refractivity contribution < 1.29 is 46.3 Å². The first-order chi connectivity index (χ1) is 15.2. The van der Waals surface area contributed by atoms with E-state index in [4.69, 9.17) is 0 Å². The molecule has 0 aliphatic carbocycles. The molecule has 0 saturated heterocycles. The molecule has 0 aromatic heterocycles. The fourth-order valence-electron chi connectivity index (χ4n) is 1.74. The Hall–Kier alpha value is -0.130. The minimum absolute atomic E-state index is 0. The molecule has 33 heavy (non-hydrogen) atoms. The Labute approximate surface area is 267 Å². The van der Waals surface area contributed by atoms with Crippen molar-refractivity contribution in [1.82, 2.24) is 0 Å². The average Bonchev–Trinajstić information content (AvgIpc) is 2.78. The van der Waals surface area contributed by atoms with Crippen molar-refractivity contribution in [3.63, 3.8) is 0 Å². The zero-order valence-corrected chi connectivity index (χ0v) is 29.1. The summed E-state index contributed by atoms with van der Waals surface area (Å²) in [4.78, 5) is 0. The number of rotatable bonds is 0. The molecule has 0 spiro atoms.